The molecule has 0 amide bonds. The van der Waals surface area contributed by atoms with Crippen LogP contribution in [-0.4, -0.2) is 33.4 Å². The van der Waals surface area contributed by atoms with Crippen LogP contribution < -0.4 is 5.32 Å². The van der Waals surface area contributed by atoms with Crippen molar-refractivity contribution >= 4 is 50.1 Å². The SMILES string of the molecule is Cc1ccc(S(=O)(=O)n2ccc3c(Nc4ccoc4C(=O)O)nc(Cl)nc32)cc1. The van der Waals surface area contributed by atoms with Gasteiger partial charge in [-0.1, -0.05) is 17.7 Å². The van der Waals surface area contributed by atoms with Gasteiger partial charge in [0.05, 0.1) is 22.2 Å². The van der Waals surface area contributed by atoms with E-state index in [1.54, 1.807) is 12.1 Å². The minimum Gasteiger partial charge on any atom is -0.475 e. The number of aromatic carboxylic acids is 1. The van der Waals surface area contributed by atoms with Crippen molar-refractivity contribution in [1.29, 1.82) is 0 Å². The van der Waals surface area contributed by atoms with Crippen LogP contribution in [0.2, 0.25) is 5.28 Å². The van der Waals surface area contributed by atoms with Crippen molar-refractivity contribution in [2.75, 3.05) is 5.32 Å². The highest BCUT2D eigenvalue weighted by atomic mass is 35.5. The molecule has 0 unspecified atom stereocenters. The number of rotatable bonds is 5. The second-order valence-corrected chi connectivity index (χ2v) is 8.25. The Labute approximate surface area is 169 Å². The van der Waals surface area contributed by atoms with Gasteiger partial charge in [-0.25, -0.2) is 17.2 Å². The van der Waals surface area contributed by atoms with Gasteiger partial charge in [-0.2, -0.15) is 9.97 Å². The maximum Gasteiger partial charge on any atom is 0.374 e. The molecule has 0 fully saturated rings. The molecule has 0 spiro atoms. The molecule has 3 heterocycles. The Hall–Kier alpha value is -3.37. The fourth-order valence-corrected chi connectivity index (χ4v) is 4.24. The molecule has 0 aliphatic heterocycles. The van der Waals surface area contributed by atoms with Gasteiger partial charge in [0, 0.05) is 12.3 Å². The quantitative estimate of drug-likeness (QED) is 0.457. The highest BCUT2D eigenvalue weighted by Gasteiger charge is 2.23. The van der Waals surface area contributed by atoms with Gasteiger partial charge < -0.3 is 14.8 Å². The zero-order chi connectivity index (χ0) is 20.8. The largest absolute Gasteiger partial charge is 0.475 e. The van der Waals surface area contributed by atoms with Gasteiger partial charge in [-0.05, 0) is 36.7 Å². The predicted molar refractivity (Wildman–Crippen MR) is 105 cm³/mol. The van der Waals surface area contributed by atoms with E-state index < -0.39 is 16.0 Å². The average Bonchev–Trinajstić information content (AvgIpc) is 3.29. The second-order valence-electron chi connectivity index (χ2n) is 6.10. The summed E-state index contributed by atoms with van der Waals surface area (Å²) in [6.07, 6.45) is 2.54. The first-order valence-corrected chi connectivity index (χ1v) is 10.0. The number of furan rings is 1. The summed E-state index contributed by atoms with van der Waals surface area (Å²) in [7, 11) is -3.93. The van der Waals surface area contributed by atoms with Crippen molar-refractivity contribution in [3.63, 3.8) is 0 Å². The molecule has 0 saturated carbocycles. The molecular weight excluding hydrogens is 420 g/mol. The lowest BCUT2D eigenvalue weighted by Crippen LogP contribution is -2.13. The van der Waals surface area contributed by atoms with E-state index in [4.69, 9.17) is 16.0 Å². The molecular formula is C18H13ClN4O5S. The number of nitrogens with zero attached hydrogens (tertiary/aromatic N) is 3. The monoisotopic (exact) mass is 432 g/mol. The highest BCUT2D eigenvalue weighted by Crippen LogP contribution is 2.30. The maximum absolute atomic E-state index is 13.0. The van der Waals surface area contributed by atoms with E-state index >= 15 is 0 Å². The van der Waals surface area contributed by atoms with Crippen LogP contribution >= 0.6 is 11.6 Å². The van der Waals surface area contributed by atoms with Gasteiger partial charge in [-0.3, -0.25) is 0 Å². The van der Waals surface area contributed by atoms with Crippen molar-refractivity contribution in [2.24, 2.45) is 0 Å². The van der Waals surface area contributed by atoms with E-state index in [1.807, 2.05) is 6.92 Å². The van der Waals surface area contributed by atoms with Crippen molar-refractivity contribution < 1.29 is 22.7 Å². The Morgan fingerprint density at radius 2 is 1.90 bits per heavy atom. The lowest BCUT2D eigenvalue weighted by Gasteiger charge is -2.09. The highest BCUT2D eigenvalue weighted by molar-refractivity contribution is 7.90. The van der Waals surface area contributed by atoms with Crippen LogP contribution in [0.3, 0.4) is 0 Å². The van der Waals surface area contributed by atoms with Gasteiger partial charge in [0.2, 0.25) is 11.0 Å². The van der Waals surface area contributed by atoms with Crippen LogP contribution in [0.4, 0.5) is 11.5 Å². The van der Waals surface area contributed by atoms with Crippen molar-refractivity contribution in [3.05, 3.63) is 65.5 Å². The van der Waals surface area contributed by atoms with E-state index in [-0.39, 0.29) is 33.1 Å². The third-order valence-electron chi connectivity index (χ3n) is 4.17. The molecule has 2 N–H and O–H groups in total. The molecule has 0 aliphatic carbocycles. The van der Waals surface area contributed by atoms with E-state index in [9.17, 15) is 18.3 Å². The second kappa shape index (κ2) is 6.90. The van der Waals surface area contributed by atoms with Gasteiger partial charge in [0.25, 0.3) is 10.0 Å². The Balaban J connectivity index is 1.84. The fraction of sp³-hybridized carbons (Fsp3) is 0.0556. The van der Waals surface area contributed by atoms with Gasteiger partial charge in [-0.15, -0.1) is 0 Å². The standard InChI is InChI=1S/C18H13ClN4O5S/c1-10-2-4-11(5-3-10)29(26,27)23-8-6-12-15(21-18(19)22-16(12)23)20-13-7-9-28-14(13)17(24)25/h2-9H,1H3,(H,24,25)(H,20,21,22). The number of carboxylic acids is 1. The Morgan fingerprint density at radius 1 is 1.17 bits per heavy atom. The van der Waals surface area contributed by atoms with Crippen molar-refractivity contribution in [2.45, 2.75) is 11.8 Å². The molecule has 4 aromatic rings. The molecule has 29 heavy (non-hydrogen) atoms. The molecule has 0 bridgehead atoms. The van der Waals surface area contributed by atoms with E-state index in [0.717, 1.165) is 9.54 Å². The number of aryl methyl sites for hydroxylation is 1. The van der Waals surface area contributed by atoms with E-state index in [0.29, 0.717) is 5.39 Å². The summed E-state index contributed by atoms with van der Waals surface area (Å²) in [5.41, 5.74) is 1.11. The zero-order valence-electron chi connectivity index (χ0n) is 14.8. The molecule has 9 nitrogen and oxygen atoms in total. The minimum atomic E-state index is -3.93. The Kier molecular flexibility index (Phi) is 4.52. The van der Waals surface area contributed by atoms with Gasteiger partial charge in [0.1, 0.15) is 5.82 Å². The number of halogens is 1. The van der Waals surface area contributed by atoms with Crippen LogP contribution in [0.1, 0.15) is 16.1 Å². The molecule has 11 heteroatoms. The molecule has 0 aliphatic rings. The van der Waals surface area contributed by atoms with E-state index in [1.165, 1.54) is 36.7 Å². The normalized spacial score (nSPS) is 11.7. The number of hydrogen-bond acceptors (Lipinski definition) is 7. The number of carboxylic acid groups (broad SMARTS) is 1. The molecule has 0 atom stereocenters. The summed E-state index contributed by atoms with van der Waals surface area (Å²) in [5.74, 6) is -1.45. The summed E-state index contributed by atoms with van der Waals surface area (Å²) in [5, 5.41) is 12.1. The predicted octanol–water partition coefficient (Wildman–Crippen LogP) is 3.66. The van der Waals surface area contributed by atoms with Crippen LogP contribution in [0.15, 0.2) is 58.2 Å². The summed E-state index contributed by atoms with van der Waals surface area (Å²) >= 11 is 6.00. The lowest BCUT2D eigenvalue weighted by molar-refractivity contribution is 0.0664. The maximum atomic E-state index is 13.0. The number of carbonyl (C=O) groups is 1. The third-order valence-corrected chi connectivity index (χ3v) is 6.02. The molecule has 0 saturated heterocycles. The number of fused-ring (bicyclic) bond motifs is 1. The number of aromatic nitrogens is 3. The molecule has 0 radical (unpaired) electrons. The Morgan fingerprint density at radius 3 is 2.59 bits per heavy atom. The summed E-state index contributed by atoms with van der Waals surface area (Å²) in [6, 6.07) is 9.30. The van der Waals surface area contributed by atoms with Crippen LogP contribution in [0.25, 0.3) is 11.0 Å². The first-order valence-electron chi connectivity index (χ1n) is 8.22. The first kappa shape index (κ1) is 19.0. The molecule has 1 aromatic carbocycles. The van der Waals surface area contributed by atoms with Crippen LogP contribution in [0, 0.1) is 6.92 Å². The summed E-state index contributed by atoms with van der Waals surface area (Å²) < 4.78 is 32.0. The first-order chi connectivity index (χ1) is 13.8. The number of anilines is 2. The Bertz CT molecular complexity index is 1340. The third kappa shape index (κ3) is 3.32. The van der Waals surface area contributed by atoms with Crippen LogP contribution in [-0.2, 0) is 10.0 Å². The van der Waals surface area contributed by atoms with E-state index in [2.05, 4.69) is 15.3 Å². The topological polar surface area (TPSA) is 127 Å². The van der Waals surface area contributed by atoms with Crippen molar-refractivity contribution in [1.82, 2.24) is 13.9 Å². The molecule has 4 rings (SSSR count). The minimum absolute atomic E-state index is 0.0495. The average molecular weight is 433 g/mol. The summed E-state index contributed by atoms with van der Waals surface area (Å²) in [6.45, 7) is 1.85. The van der Waals surface area contributed by atoms with Gasteiger partial charge in [0.15, 0.2) is 5.65 Å². The fourth-order valence-electron chi connectivity index (χ4n) is 2.78. The van der Waals surface area contributed by atoms with Crippen molar-refractivity contribution in [3.8, 4) is 0 Å². The summed E-state index contributed by atoms with van der Waals surface area (Å²) in [4.78, 5) is 19.4. The van der Waals surface area contributed by atoms with Crippen LogP contribution in [0.5, 0.6) is 0 Å². The molecule has 148 valence electrons. The lowest BCUT2D eigenvalue weighted by atomic mass is 10.2. The number of benzene rings is 1. The zero-order valence-corrected chi connectivity index (χ0v) is 16.4. The number of nitrogens with one attached hydrogen (secondary N) is 1. The number of hydrogen-bond donors (Lipinski definition) is 2. The van der Waals surface area contributed by atoms with Gasteiger partial charge >= 0.3 is 5.97 Å². The smallest absolute Gasteiger partial charge is 0.374 e. The molecule has 3 aromatic heterocycles.